The molecule has 1 aromatic carbocycles. The molecule has 0 radical (unpaired) electrons. The van der Waals surface area contributed by atoms with Crippen LogP contribution in [0.5, 0.6) is 5.75 Å². The Kier molecular flexibility index (Phi) is 6.89. The van der Waals surface area contributed by atoms with Crippen molar-refractivity contribution in [1.29, 1.82) is 0 Å². The van der Waals surface area contributed by atoms with Crippen LogP contribution in [-0.2, 0) is 0 Å². The molecule has 1 heterocycles. The molecule has 4 nitrogen and oxygen atoms in total. The Labute approximate surface area is 138 Å². The molecule has 0 amide bonds. The third-order valence-corrected chi connectivity index (χ3v) is 4.29. The van der Waals surface area contributed by atoms with Gasteiger partial charge in [-0.2, -0.15) is 0 Å². The summed E-state index contributed by atoms with van der Waals surface area (Å²) in [5.74, 6) is 0.872. The van der Waals surface area contributed by atoms with Crippen molar-refractivity contribution < 1.29 is 4.74 Å². The number of aliphatic imine (C=N–C) groups is 1. The van der Waals surface area contributed by atoms with Crippen molar-refractivity contribution in [3.63, 3.8) is 0 Å². The maximum absolute atomic E-state index is 5.13. The van der Waals surface area contributed by atoms with Gasteiger partial charge >= 0.3 is 0 Å². The maximum atomic E-state index is 5.13. The Morgan fingerprint density at radius 3 is 2.43 bits per heavy atom. The van der Waals surface area contributed by atoms with Crippen LogP contribution in [0, 0.1) is 0 Å². The highest BCUT2D eigenvalue weighted by Gasteiger charge is 2.18. The highest BCUT2D eigenvalue weighted by molar-refractivity contribution is 7.99. The van der Waals surface area contributed by atoms with Crippen LogP contribution in [0.4, 0.5) is 0 Å². The standard InChI is InChI=1S/C15H23N3OS2/c1-19-14-4-2-13(3-5-14)12-16-6-7-17-8-10-18(11-9-17)15(20)21/h2-5,12,15,20-21H,6-11H2,1H3. The first-order valence-electron chi connectivity index (χ1n) is 7.15. The Morgan fingerprint density at radius 1 is 1.19 bits per heavy atom. The summed E-state index contributed by atoms with van der Waals surface area (Å²) in [7, 11) is 1.67. The zero-order chi connectivity index (χ0) is 15.1. The highest BCUT2D eigenvalue weighted by Crippen LogP contribution is 2.12. The molecule has 0 saturated carbocycles. The van der Waals surface area contributed by atoms with E-state index < -0.39 is 0 Å². The second-order valence-electron chi connectivity index (χ2n) is 5.03. The van der Waals surface area contributed by atoms with Crippen LogP contribution in [0.25, 0.3) is 0 Å². The Balaban J connectivity index is 1.68. The van der Waals surface area contributed by atoms with Gasteiger partial charge in [-0.25, -0.2) is 0 Å². The van der Waals surface area contributed by atoms with Gasteiger partial charge in [-0.1, -0.05) is 0 Å². The van der Waals surface area contributed by atoms with E-state index in [1.165, 1.54) is 0 Å². The summed E-state index contributed by atoms with van der Waals surface area (Å²) in [5.41, 5.74) is 1.11. The molecule has 21 heavy (non-hydrogen) atoms. The van der Waals surface area contributed by atoms with Gasteiger partial charge in [-0.05, 0) is 29.8 Å². The summed E-state index contributed by atoms with van der Waals surface area (Å²) in [6, 6.07) is 7.93. The number of ether oxygens (including phenoxy) is 1. The lowest BCUT2D eigenvalue weighted by Gasteiger charge is -2.35. The molecule has 1 aliphatic rings. The van der Waals surface area contributed by atoms with E-state index in [1.807, 2.05) is 30.5 Å². The number of methoxy groups -OCH3 is 1. The summed E-state index contributed by atoms with van der Waals surface area (Å²) >= 11 is 8.70. The predicted octanol–water partition coefficient (Wildman–Crippen LogP) is 1.87. The van der Waals surface area contributed by atoms with Crippen LogP contribution in [0.2, 0.25) is 0 Å². The monoisotopic (exact) mass is 325 g/mol. The molecule has 0 bridgehead atoms. The summed E-state index contributed by atoms with van der Waals surface area (Å²) < 4.78 is 5.19. The molecular formula is C15H23N3OS2. The van der Waals surface area contributed by atoms with Gasteiger partial charge in [0.1, 0.15) is 5.75 Å². The van der Waals surface area contributed by atoms with Gasteiger partial charge in [0.2, 0.25) is 0 Å². The number of piperazine rings is 1. The van der Waals surface area contributed by atoms with Gasteiger partial charge in [0.05, 0.1) is 18.4 Å². The number of benzene rings is 1. The number of nitrogens with zero attached hydrogens (tertiary/aromatic N) is 3. The average Bonchev–Trinajstić information content (AvgIpc) is 2.52. The molecule has 0 unspecified atom stereocenters. The number of thiol groups is 2. The molecule has 1 aliphatic heterocycles. The molecule has 6 heteroatoms. The van der Waals surface area contributed by atoms with Crippen LogP contribution in [0.15, 0.2) is 29.3 Å². The number of rotatable bonds is 6. The quantitative estimate of drug-likeness (QED) is 0.475. The second kappa shape index (κ2) is 8.68. The van der Waals surface area contributed by atoms with Gasteiger partial charge < -0.3 is 4.74 Å². The normalized spacial score (nSPS) is 17.7. The third-order valence-electron chi connectivity index (χ3n) is 3.63. The van der Waals surface area contributed by atoms with Crippen LogP contribution < -0.4 is 4.74 Å². The van der Waals surface area contributed by atoms with Gasteiger partial charge in [-0.15, -0.1) is 25.3 Å². The molecular weight excluding hydrogens is 302 g/mol. The molecule has 0 aliphatic carbocycles. The second-order valence-corrected chi connectivity index (χ2v) is 6.42. The van der Waals surface area contributed by atoms with Gasteiger partial charge in [0.25, 0.3) is 0 Å². The molecule has 2 rings (SSSR count). The minimum atomic E-state index is 0.0558. The molecule has 0 N–H and O–H groups in total. The summed E-state index contributed by atoms with van der Waals surface area (Å²) in [4.78, 5) is 9.20. The Hall–Kier alpha value is -0.690. The average molecular weight is 326 g/mol. The molecule has 1 aromatic rings. The van der Waals surface area contributed by atoms with Crippen LogP contribution in [0.3, 0.4) is 0 Å². The SMILES string of the molecule is COc1ccc(C=NCCN2CCN(C(S)S)CC2)cc1. The van der Waals surface area contributed by atoms with Crippen molar-refractivity contribution in [3.8, 4) is 5.75 Å². The van der Waals surface area contributed by atoms with E-state index in [-0.39, 0.29) is 4.71 Å². The van der Waals surface area contributed by atoms with E-state index in [0.29, 0.717) is 0 Å². The fraction of sp³-hybridized carbons (Fsp3) is 0.533. The van der Waals surface area contributed by atoms with Crippen molar-refractivity contribution in [2.75, 3.05) is 46.4 Å². The van der Waals surface area contributed by atoms with E-state index >= 15 is 0 Å². The highest BCUT2D eigenvalue weighted by atomic mass is 32.2. The molecule has 116 valence electrons. The first-order valence-corrected chi connectivity index (χ1v) is 8.19. The summed E-state index contributed by atoms with van der Waals surface area (Å²) in [5, 5.41) is 0. The lowest BCUT2D eigenvalue weighted by atomic mass is 10.2. The minimum Gasteiger partial charge on any atom is -0.497 e. The molecule has 0 aromatic heterocycles. The Morgan fingerprint density at radius 2 is 1.86 bits per heavy atom. The van der Waals surface area contributed by atoms with Crippen molar-refractivity contribution in [2.24, 2.45) is 4.99 Å². The van der Waals surface area contributed by atoms with Gasteiger partial charge in [-0.3, -0.25) is 14.8 Å². The maximum Gasteiger partial charge on any atom is 0.118 e. The van der Waals surface area contributed by atoms with E-state index in [4.69, 9.17) is 4.74 Å². The van der Waals surface area contributed by atoms with E-state index in [1.54, 1.807) is 7.11 Å². The van der Waals surface area contributed by atoms with Gasteiger partial charge in [0, 0.05) is 38.9 Å². The molecule has 1 saturated heterocycles. The van der Waals surface area contributed by atoms with Crippen LogP contribution in [0.1, 0.15) is 5.56 Å². The van der Waals surface area contributed by atoms with Crippen LogP contribution in [-0.4, -0.2) is 67.1 Å². The lowest BCUT2D eigenvalue weighted by molar-refractivity contribution is 0.146. The first-order chi connectivity index (χ1) is 10.2. The fourth-order valence-electron chi connectivity index (χ4n) is 2.28. The lowest BCUT2D eigenvalue weighted by Crippen LogP contribution is -2.48. The zero-order valence-electron chi connectivity index (χ0n) is 12.4. The zero-order valence-corrected chi connectivity index (χ0v) is 14.1. The predicted molar refractivity (Wildman–Crippen MR) is 95.2 cm³/mol. The first kappa shape index (κ1) is 16.7. The largest absolute Gasteiger partial charge is 0.497 e. The number of hydrogen-bond acceptors (Lipinski definition) is 6. The number of hydrogen-bond donors (Lipinski definition) is 2. The Bertz CT molecular complexity index is 443. The van der Waals surface area contributed by atoms with Gasteiger partial charge in [0.15, 0.2) is 0 Å². The summed E-state index contributed by atoms with van der Waals surface area (Å²) in [6.07, 6.45) is 1.92. The molecule has 1 fully saturated rings. The van der Waals surface area contributed by atoms with Crippen LogP contribution >= 0.6 is 25.3 Å². The fourth-order valence-corrected chi connectivity index (χ4v) is 2.74. The summed E-state index contributed by atoms with van der Waals surface area (Å²) in [6.45, 7) is 6.02. The van der Waals surface area contributed by atoms with Crippen molar-refractivity contribution in [1.82, 2.24) is 9.80 Å². The van der Waals surface area contributed by atoms with E-state index in [0.717, 1.165) is 50.6 Å². The van der Waals surface area contributed by atoms with Crippen molar-refractivity contribution in [2.45, 2.75) is 4.71 Å². The van der Waals surface area contributed by atoms with E-state index in [2.05, 4.69) is 40.0 Å². The van der Waals surface area contributed by atoms with E-state index in [9.17, 15) is 0 Å². The van der Waals surface area contributed by atoms with Crippen molar-refractivity contribution in [3.05, 3.63) is 29.8 Å². The minimum absolute atomic E-state index is 0.0558. The topological polar surface area (TPSA) is 28.1 Å². The third kappa shape index (κ3) is 5.54. The molecule has 0 spiro atoms. The van der Waals surface area contributed by atoms with Crippen molar-refractivity contribution >= 4 is 31.5 Å². The smallest absolute Gasteiger partial charge is 0.118 e. The molecule has 0 atom stereocenters.